The van der Waals surface area contributed by atoms with E-state index in [1.54, 1.807) is 13.1 Å². The molecule has 1 heterocycles. The Hall–Kier alpha value is -3.08. The summed E-state index contributed by atoms with van der Waals surface area (Å²) in [5, 5.41) is 0.822. The van der Waals surface area contributed by atoms with E-state index in [2.05, 4.69) is 4.98 Å². The van der Waals surface area contributed by atoms with Crippen molar-refractivity contribution in [3.05, 3.63) is 65.9 Å². The van der Waals surface area contributed by atoms with Gasteiger partial charge in [-0.2, -0.15) is 0 Å². The summed E-state index contributed by atoms with van der Waals surface area (Å²) in [6, 6.07) is 15.1. The summed E-state index contributed by atoms with van der Waals surface area (Å²) in [6.07, 6.45) is 0.887. The summed E-state index contributed by atoms with van der Waals surface area (Å²) in [6.45, 7) is 3.78. The fourth-order valence-corrected chi connectivity index (χ4v) is 2.69. The van der Waals surface area contributed by atoms with Gasteiger partial charge in [0.25, 0.3) is 0 Å². The smallest absolute Gasteiger partial charge is 0.309 e. The summed E-state index contributed by atoms with van der Waals surface area (Å²) < 4.78 is 10.8. The number of carbonyl (C=O) groups excluding carboxylic acids is 2. The summed E-state index contributed by atoms with van der Waals surface area (Å²) in [5.74, 6) is 0.0133. The van der Waals surface area contributed by atoms with Crippen molar-refractivity contribution in [3.8, 4) is 5.75 Å². The second-order valence-electron chi connectivity index (χ2n) is 6.16. The van der Waals surface area contributed by atoms with Crippen LogP contribution in [-0.2, 0) is 9.53 Å². The van der Waals surface area contributed by atoms with Crippen molar-refractivity contribution in [1.82, 2.24) is 4.98 Å². The molecule has 0 spiro atoms. The van der Waals surface area contributed by atoms with Gasteiger partial charge in [0.05, 0.1) is 13.0 Å². The number of ether oxygens (including phenoxy) is 2. The number of aromatic amines is 1. The summed E-state index contributed by atoms with van der Waals surface area (Å²) >= 11 is 0. The fraction of sp³-hybridized carbons (Fsp3) is 0.238. The van der Waals surface area contributed by atoms with Crippen molar-refractivity contribution in [3.63, 3.8) is 0 Å². The van der Waals surface area contributed by atoms with E-state index < -0.39 is 12.1 Å². The molecule has 0 fully saturated rings. The molecule has 3 rings (SSSR count). The highest BCUT2D eigenvalue weighted by molar-refractivity contribution is 6.10. The number of ketones is 1. The molecular formula is C21H21NO4. The molecule has 5 heteroatoms. The maximum atomic E-state index is 12.6. The number of Topliss-reactive ketones (excluding diaryl/α,β-unsaturated/α-hetero) is 1. The van der Waals surface area contributed by atoms with Gasteiger partial charge in [-0.25, -0.2) is 0 Å². The van der Waals surface area contributed by atoms with Crippen LogP contribution in [0.3, 0.4) is 0 Å². The molecule has 2 aromatic carbocycles. The van der Waals surface area contributed by atoms with Crippen LogP contribution in [0.4, 0.5) is 0 Å². The number of H-pyrrole nitrogens is 1. The molecule has 0 bridgehead atoms. The molecular weight excluding hydrogens is 330 g/mol. The Bertz CT molecular complexity index is 911. The zero-order valence-corrected chi connectivity index (χ0v) is 14.8. The molecule has 3 aromatic rings. The number of carbonyl (C=O) groups is 2. The first-order chi connectivity index (χ1) is 12.5. The van der Waals surface area contributed by atoms with Gasteiger partial charge in [0, 0.05) is 22.7 Å². The number of hydrogen-bond acceptors (Lipinski definition) is 4. The lowest BCUT2D eigenvalue weighted by Gasteiger charge is -2.12. The van der Waals surface area contributed by atoms with Crippen LogP contribution < -0.4 is 4.74 Å². The van der Waals surface area contributed by atoms with Crippen LogP contribution in [0.1, 0.15) is 29.3 Å². The largest absolute Gasteiger partial charge is 0.493 e. The van der Waals surface area contributed by atoms with Gasteiger partial charge in [0.2, 0.25) is 5.78 Å². The highest BCUT2D eigenvalue weighted by Gasteiger charge is 2.22. The number of hydrogen-bond donors (Lipinski definition) is 1. The number of nitrogens with one attached hydrogen (secondary N) is 1. The zero-order valence-electron chi connectivity index (χ0n) is 14.8. The van der Waals surface area contributed by atoms with Crippen LogP contribution in [0.15, 0.2) is 54.7 Å². The van der Waals surface area contributed by atoms with E-state index in [9.17, 15) is 9.59 Å². The number of para-hydroxylation sites is 1. The zero-order chi connectivity index (χ0) is 18.5. The Labute approximate surface area is 151 Å². The third-order valence-electron chi connectivity index (χ3n) is 4.13. The first kappa shape index (κ1) is 17.7. The molecule has 0 aliphatic carbocycles. The van der Waals surface area contributed by atoms with Crippen LogP contribution in [0.2, 0.25) is 0 Å². The van der Waals surface area contributed by atoms with Gasteiger partial charge in [-0.15, -0.1) is 0 Å². The van der Waals surface area contributed by atoms with E-state index in [1.165, 1.54) is 0 Å². The minimum atomic E-state index is -0.846. The Kier molecular flexibility index (Phi) is 5.37. The lowest BCUT2D eigenvalue weighted by Crippen LogP contribution is -2.25. The third kappa shape index (κ3) is 4.11. The van der Waals surface area contributed by atoms with Crippen LogP contribution in [0.25, 0.3) is 10.9 Å². The molecule has 0 saturated heterocycles. The quantitative estimate of drug-likeness (QED) is 0.515. The summed E-state index contributed by atoms with van der Waals surface area (Å²) in [7, 11) is 0. The first-order valence-corrected chi connectivity index (χ1v) is 8.54. The minimum Gasteiger partial charge on any atom is -0.493 e. The lowest BCUT2D eigenvalue weighted by atomic mass is 10.1. The monoisotopic (exact) mass is 351 g/mol. The highest BCUT2D eigenvalue weighted by Crippen LogP contribution is 2.20. The number of fused-ring (bicyclic) bond motifs is 1. The SMILES string of the molecule is Cc1ccc(OCCC(=O)OC(C)C(=O)c2c[nH]c3ccccc23)cc1. The van der Waals surface area contributed by atoms with Gasteiger partial charge in [-0.1, -0.05) is 35.9 Å². The van der Waals surface area contributed by atoms with Gasteiger partial charge in [-0.05, 0) is 32.0 Å². The van der Waals surface area contributed by atoms with Gasteiger partial charge < -0.3 is 14.5 Å². The summed E-state index contributed by atoms with van der Waals surface area (Å²) in [4.78, 5) is 27.6. The molecule has 1 atom stereocenters. The minimum absolute atomic E-state index is 0.0827. The van der Waals surface area contributed by atoms with E-state index in [0.29, 0.717) is 11.3 Å². The first-order valence-electron chi connectivity index (χ1n) is 8.54. The van der Waals surface area contributed by atoms with Crippen LogP contribution in [-0.4, -0.2) is 29.4 Å². The predicted molar refractivity (Wildman–Crippen MR) is 99.5 cm³/mol. The molecule has 0 radical (unpaired) electrons. The average molecular weight is 351 g/mol. The van der Waals surface area contributed by atoms with Gasteiger partial charge in [-0.3, -0.25) is 9.59 Å². The van der Waals surface area contributed by atoms with E-state index in [-0.39, 0.29) is 18.8 Å². The summed E-state index contributed by atoms with van der Waals surface area (Å²) in [5.41, 5.74) is 2.54. The topological polar surface area (TPSA) is 68.4 Å². The molecule has 0 amide bonds. The fourth-order valence-electron chi connectivity index (χ4n) is 2.69. The van der Waals surface area contributed by atoms with Crippen molar-refractivity contribution in [1.29, 1.82) is 0 Å². The van der Waals surface area contributed by atoms with E-state index in [1.807, 2.05) is 55.5 Å². The maximum absolute atomic E-state index is 12.6. The van der Waals surface area contributed by atoms with Gasteiger partial charge >= 0.3 is 5.97 Å². The number of rotatable bonds is 7. The highest BCUT2D eigenvalue weighted by atomic mass is 16.5. The molecule has 1 unspecified atom stereocenters. The molecule has 1 aromatic heterocycles. The van der Waals surface area contributed by atoms with Crippen molar-refractivity contribution < 1.29 is 19.1 Å². The maximum Gasteiger partial charge on any atom is 0.309 e. The van der Waals surface area contributed by atoms with Crippen molar-refractivity contribution in [2.45, 2.75) is 26.4 Å². The number of esters is 1. The molecule has 134 valence electrons. The Morgan fingerprint density at radius 2 is 1.81 bits per heavy atom. The molecule has 5 nitrogen and oxygen atoms in total. The lowest BCUT2D eigenvalue weighted by molar-refractivity contribution is -0.146. The predicted octanol–water partition coefficient (Wildman–Crippen LogP) is 4.06. The second kappa shape index (κ2) is 7.87. The van der Waals surface area contributed by atoms with Gasteiger partial charge in [0.1, 0.15) is 5.75 Å². The van der Waals surface area contributed by atoms with Crippen molar-refractivity contribution >= 4 is 22.7 Å². The Balaban J connectivity index is 1.52. The standard InChI is InChI=1S/C21H21NO4/c1-14-7-9-16(10-8-14)25-12-11-20(23)26-15(2)21(24)18-13-22-19-6-4-3-5-17(18)19/h3-10,13,15,22H,11-12H2,1-2H3. The second-order valence-corrected chi connectivity index (χ2v) is 6.16. The van der Waals surface area contributed by atoms with Gasteiger partial charge in [0.15, 0.2) is 6.10 Å². The normalized spacial score (nSPS) is 11.9. The van der Waals surface area contributed by atoms with Crippen LogP contribution >= 0.6 is 0 Å². The van der Waals surface area contributed by atoms with Crippen molar-refractivity contribution in [2.75, 3.05) is 6.61 Å². The molecule has 0 saturated carbocycles. The Morgan fingerprint density at radius 3 is 2.58 bits per heavy atom. The number of aromatic nitrogens is 1. The van der Waals surface area contributed by atoms with Crippen molar-refractivity contribution in [2.24, 2.45) is 0 Å². The van der Waals surface area contributed by atoms with E-state index in [4.69, 9.17) is 9.47 Å². The number of benzene rings is 2. The third-order valence-corrected chi connectivity index (χ3v) is 4.13. The molecule has 26 heavy (non-hydrogen) atoms. The molecule has 1 N–H and O–H groups in total. The molecule has 0 aliphatic rings. The average Bonchev–Trinajstić information content (AvgIpc) is 3.06. The Morgan fingerprint density at radius 1 is 1.08 bits per heavy atom. The van der Waals surface area contributed by atoms with Crippen LogP contribution in [0.5, 0.6) is 5.75 Å². The van der Waals surface area contributed by atoms with E-state index >= 15 is 0 Å². The van der Waals surface area contributed by atoms with Crippen LogP contribution in [0, 0.1) is 6.92 Å². The molecule has 0 aliphatic heterocycles. The van der Waals surface area contributed by atoms with E-state index in [0.717, 1.165) is 16.5 Å². The number of aryl methyl sites for hydroxylation is 1.